The molecule has 1 aromatic heterocycles. The quantitative estimate of drug-likeness (QED) is 0.319. The molecule has 0 aliphatic carbocycles. The van der Waals surface area contributed by atoms with Gasteiger partial charge in [0, 0.05) is 5.69 Å². The molecule has 2 aromatic carbocycles. The van der Waals surface area contributed by atoms with Crippen LogP contribution in [0.3, 0.4) is 0 Å². The minimum absolute atomic E-state index is 0.0155. The molecule has 5 nitrogen and oxygen atoms in total. The van der Waals surface area contributed by atoms with Crippen molar-refractivity contribution in [3.05, 3.63) is 92.6 Å². The minimum atomic E-state index is -4.87. The normalized spacial score (nSPS) is 16.6. The Kier molecular flexibility index (Phi) is 6.64. The van der Waals surface area contributed by atoms with Crippen molar-refractivity contribution in [2.45, 2.75) is 65.5 Å². The topological polar surface area (TPSA) is 44.8 Å². The second kappa shape index (κ2) is 9.19. The number of nitrogens with zero attached hydrogens (tertiary/aromatic N) is 2. The lowest BCUT2D eigenvalue weighted by atomic mass is 9.78. The lowest BCUT2D eigenvalue weighted by molar-refractivity contribution is -0.136. The highest BCUT2D eigenvalue weighted by Crippen LogP contribution is 2.38. The van der Waals surface area contributed by atoms with Crippen LogP contribution in [0.5, 0.6) is 0 Å². The average molecular weight is 508 g/mol. The van der Waals surface area contributed by atoms with Crippen LogP contribution in [0, 0.1) is 20.4 Å². The highest BCUT2D eigenvalue weighted by atomic mass is 19.4. The van der Waals surface area contributed by atoms with Gasteiger partial charge in [-0.15, -0.1) is 0 Å². The van der Waals surface area contributed by atoms with E-state index in [4.69, 9.17) is 15.9 Å². The Morgan fingerprint density at radius 3 is 2.22 bits per heavy atom. The Hall–Kier alpha value is -3.35. The second-order valence-electron chi connectivity index (χ2n) is 10.4. The van der Waals surface area contributed by atoms with Crippen molar-refractivity contribution < 1.29 is 22.5 Å². The van der Waals surface area contributed by atoms with Gasteiger partial charge in [0.25, 0.3) is 11.2 Å². The highest BCUT2D eigenvalue weighted by Gasteiger charge is 2.51. The molecule has 0 N–H and O–H groups in total. The number of halogens is 3. The fraction of sp³-hybridized carbons (Fsp3) is 0.357. The predicted octanol–water partition coefficient (Wildman–Crippen LogP) is 6.05. The third-order valence-electron chi connectivity index (χ3n) is 7.23. The summed E-state index contributed by atoms with van der Waals surface area (Å²) in [7, 11) is -0.728. The van der Waals surface area contributed by atoms with Crippen LogP contribution >= 0.6 is 0 Å². The van der Waals surface area contributed by atoms with Crippen LogP contribution in [0.1, 0.15) is 49.9 Å². The maximum Gasteiger partial charge on any atom is 0.494 e. The van der Waals surface area contributed by atoms with Crippen molar-refractivity contribution in [1.29, 1.82) is 0 Å². The molecule has 0 saturated carbocycles. The number of benzene rings is 2. The Labute approximate surface area is 214 Å². The molecule has 37 heavy (non-hydrogen) atoms. The van der Waals surface area contributed by atoms with Crippen LogP contribution in [-0.2, 0) is 22.0 Å². The molecule has 2 heterocycles. The molecule has 1 saturated heterocycles. The van der Waals surface area contributed by atoms with Gasteiger partial charge in [-0.3, -0.25) is 4.79 Å². The largest absolute Gasteiger partial charge is 0.494 e. The van der Waals surface area contributed by atoms with Gasteiger partial charge in [0.1, 0.15) is 0 Å². The maximum absolute atomic E-state index is 13.9. The number of alkyl halides is 3. The highest BCUT2D eigenvalue weighted by molar-refractivity contribution is 6.62. The summed E-state index contributed by atoms with van der Waals surface area (Å²) in [5.41, 5.74) is -0.620. The van der Waals surface area contributed by atoms with Crippen LogP contribution in [0.4, 0.5) is 18.9 Å². The smallest absolute Gasteiger partial charge is 0.399 e. The lowest BCUT2D eigenvalue weighted by Gasteiger charge is -2.32. The van der Waals surface area contributed by atoms with Gasteiger partial charge >= 0.3 is 13.3 Å². The zero-order chi connectivity index (χ0) is 27.3. The Morgan fingerprint density at radius 1 is 1.00 bits per heavy atom. The van der Waals surface area contributed by atoms with Gasteiger partial charge in [0.2, 0.25) is 0 Å². The van der Waals surface area contributed by atoms with Gasteiger partial charge in [0.15, 0.2) is 0 Å². The van der Waals surface area contributed by atoms with Crippen molar-refractivity contribution in [3.63, 3.8) is 0 Å². The van der Waals surface area contributed by atoms with E-state index >= 15 is 0 Å². The van der Waals surface area contributed by atoms with E-state index in [1.165, 1.54) is 4.57 Å². The van der Waals surface area contributed by atoms with Crippen molar-refractivity contribution in [3.8, 4) is 11.3 Å². The fourth-order valence-corrected chi connectivity index (χ4v) is 4.37. The molecular weight excluding hydrogens is 480 g/mol. The number of rotatable bonds is 4. The molecule has 192 valence electrons. The molecule has 3 aromatic rings. The Balaban J connectivity index is 1.91. The minimum Gasteiger partial charge on any atom is -0.399 e. The monoisotopic (exact) mass is 508 g/mol. The third-order valence-corrected chi connectivity index (χ3v) is 7.23. The fourth-order valence-electron chi connectivity index (χ4n) is 4.37. The van der Waals surface area contributed by atoms with E-state index in [2.05, 4.69) is 4.85 Å². The first kappa shape index (κ1) is 26.7. The molecule has 1 fully saturated rings. The Bertz CT molecular complexity index is 1450. The first-order chi connectivity index (χ1) is 17.1. The van der Waals surface area contributed by atoms with E-state index in [0.29, 0.717) is 11.0 Å². The number of aryl methyl sites for hydroxylation is 2. The van der Waals surface area contributed by atoms with Crippen LogP contribution in [0.25, 0.3) is 16.1 Å². The first-order valence-corrected chi connectivity index (χ1v) is 11.9. The molecule has 1 aliphatic rings. The number of aromatic nitrogens is 1. The van der Waals surface area contributed by atoms with Crippen molar-refractivity contribution >= 4 is 18.3 Å². The summed E-state index contributed by atoms with van der Waals surface area (Å²) in [6, 6.07) is 13.3. The SMILES string of the molecule is [C-]#[N+]c1c(C(F)(F)F)cc(-c2cccc(B3OC(C)(C)C(C)(C)O3)c2)n(Cc2ccc(C)cc2C)c1=O. The zero-order valence-corrected chi connectivity index (χ0v) is 21.7. The molecule has 0 amide bonds. The zero-order valence-electron chi connectivity index (χ0n) is 21.7. The number of hydrogen-bond donors (Lipinski definition) is 0. The molecule has 9 heteroatoms. The van der Waals surface area contributed by atoms with Crippen LogP contribution < -0.4 is 11.0 Å². The first-order valence-electron chi connectivity index (χ1n) is 11.9. The van der Waals surface area contributed by atoms with E-state index in [1.807, 2.05) is 59.7 Å². The van der Waals surface area contributed by atoms with E-state index in [-0.39, 0.29) is 12.2 Å². The predicted molar refractivity (Wildman–Crippen MR) is 138 cm³/mol. The Morgan fingerprint density at radius 2 is 1.65 bits per heavy atom. The second-order valence-corrected chi connectivity index (χ2v) is 10.4. The van der Waals surface area contributed by atoms with Crippen LogP contribution in [0.15, 0.2) is 53.3 Å². The summed E-state index contributed by atoms with van der Waals surface area (Å²) >= 11 is 0. The van der Waals surface area contributed by atoms with Crippen molar-refractivity contribution in [2.75, 3.05) is 0 Å². The summed E-state index contributed by atoms with van der Waals surface area (Å²) < 4.78 is 55.3. The van der Waals surface area contributed by atoms with Gasteiger partial charge in [0.05, 0.1) is 29.9 Å². The number of hydrogen-bond acceptors (Lipinski definition) is 3. The lowest BCUT2D eigenvalue weighted by Crippen LogP contribution is -2.41. The summed E-state index contributed by atoms with van der Waals surface area (Å²) in [4.78, 5) is 16.3. The van der Waals surface area contributed by atoms with Crippen molar-refractivity contribution in [2.24, 2.45) is 0 Å². The molecule has 0 radical (unpaired) electrons. The van der Waals surface area contributed by atoms with E-state index in [9.17, 15) is 18.0 Å². The molecule has 0 spiro atoms. The van der Waals surface area contributed by atoms with E-state index in [1.54, 1.807) is 24.3 Å². The van der Waals surface area contributed by atoms with Crippen LogP contribution in [-0.4, -0.2) is 22.9 Å². The van der Waals surface area contributed by atoms with Gasteiger partial charge < -0.3 is 13.9 Å². The third kappa shape index (κ3) is 4.96. The average Bonchev–Trinajstić information content (AvgIpc) is 3.02. The molecule has 0 atom stereocenters. The number of pyridine rings is 1. The van der Waals surface area contributed by atoms with Crippen LogP contribution in [0.2, 0.25) is 0 Å². The summed E-state index contributed by atoms with van der Waals surface area (Å²) in [5, 5.41) is 0. The molecular formula is C28H28BF3N2O3. The molecule has 1 aliphatic heterocycles. The summed E-state index contributed by atoms with van der Waals surface area (Å²) in [6.45, 7) is 18.8. The molecule has 0 bridgehead atoms. The van der Waals surface area contributed by atoms with Gasteiger partial charge in [-0.25, -0.2) is 4.85 Å². The molecule has 4 rings (SSSR count). The molecule has 0 unspecified atom stereocenters. The van der Waals surface area contributed by atoms with Crippen molar-refractivity contribution in [1.82, 2.24) is 4.57 Å². The summed E-state index contributed by atoms with van der Waals surface area (Å²) in [6.07, 6.45) is -4.87. The summed E-state index contributed by atoms with van der Waals surface area (Å²) in [5.74, 6) is 0. The van der Waals surface area contributed by atoms with Gasteiger partial charge in [-0.05, 0) is 69.8 Å². The van der Waals surface area contributed by atoms with E-state index < -0.39 is 41.3 Å². The van der Waals surface area contributed by atoms with E-state index in [0.717, 1.165) is 22.8 Å². The van der Waals surface area contributed by atoms with Gasteiger partial charge in [-0.2, -0.15) is 13.2 Å². The maximum atomic E-state index is 13.9. The van der Waals surface area contributed by atoms with Gasteiger partial charge in [-0.1, -0.05) is 48.0 Å². The standard InChI is InChI=1S/C28H28BF3N2O3/c1-17-11-12-20(18(2)13-17)16-34-23(15-22(28(30,31)32)24(33-7)25(34)35)19-9-8-10-21(14-19)29-36-26(3,4)27(5,6)37-29/h8-15H,16H2,1-6H3.